The summed E-state index contributed by atoms with van der Waals surface area (Å²) in [5.41, 5.74) is 4.27. The molecule has 2 aliphatic rings. The number of nitrogens with zero attached hydrogens (tertiary/aromatic N) is 1. The van der Waals surface area contributed by atoms with E-state index in [1.54, 1.807) is 11.0 Å². The van der Waals surface area contributed by atoms with Crippen LogP contribution in [0.4, 0.5) is 11.4 Å². The van der Waals surface area contributed by atoms with E-state index in [-0.39, 0.29) is 11.8 Å². The number of fused-ring (bicyclic) bond motifs is 3. The Bertz CT molecular complexity index is 1140. The Morgan fingerprint density at radius 2 is 1.54 bits per heavy atom. The second kappa shape index (κ2) is 6.39. The van der Waals surface area contributed by atoms with Crippen molar-refractivity contribution in [1.29, 1.82) is 0 Å². The molecule has 5 heteroatoms. The van der Waals surface area contributed by atoms with Crippen molar-refractivity contribution in [2.75, 3.05) is 10.6 Å². The Hall–Kier alpha value is -3.86. The van der Waals surface area contributed by atoms with Crippen LogP contribution in [0.5, 0.6) is 0 Å². The van der Waals surface area contributed by atoms with Gasteiger partial charge >= 0.3 is 0 Å². The average molecular weight is 367 g/mol. The zero-order chi connectivity index (χ0) is 19.1. The first-order valence-electron chi connectivity index (χ1n) is 9.09. The molecule has 0 spiro atoms. The Balaban J connectivity index is 1.66. The predicted molar refractivity (Wildman–Crippen MR) is 108 cm³/mol. The fraction of sp³-hybridized carbons (Fsp3) is 0.0435. The average Bonchev–Trinajstić information content (AvgIpc) is 2.73. The molecule has 0 radical (unpaired) electrons. The number of amides is 2. The fourth-order valence-electron chi connectivity index (χ4n) is 3.71. The van der Waals surface area contributed by atoms with E-state index in [4.69, 9.17) is 0 Å². The van der Waals surface area contributed by atoms with Gasteiger partial charge in [-0.1, -0.05) is 54.6 Å². The maximum atomic E-state index is 13.3. The minimum Gasteiger partial charge on any atom is -0.340 e. The second-order valence-corrected chi connectivity index (χ2v) is 6.76. The first-order valence-corrected chi connectivity index (χ1v) is 9.09. The quantitative estimate of drug-likeness (QED) is 0.718. The van der Waals surface area contributed by atoms with Gasteiger partial charge in [0.1, 0.15) is 5.82 Å². The van der Waals surface area contributed by atoms with E-state index in [1.807, 2.05) is 72.8 Å². The molecule has 0 fully saturated rings. The highest BCUT2D eigenvalue weighted by molar-refractivity contribution is 6.28. The van der Waals surface area contributed by atoms with Crippen LogP contribution < -0.4 is 10.6 Å². The lowest BCUT2D eigenvalue weighted by atomic mass is 9.92. The van der Waals surface area contributed by atoms with Crippen molar-refractivity contribution in [2.45, 2.75) is 6.54 Å². The van der Waals surface area contributed by atoms with Crippen LogP contribution in [0.25, 0.3) is 5.57 Å². The summed E-state index contributed by atoms with van der Waals surface area (Å²) in [6, 6.07) is 24.4. The van der Waals surface area contributed by atoms with Gasteiger partial charge in [-0.3, -0.25) is 14.5 Å². The Morgan fingerprint density at radius 1 is 0.857 bits per heavy atom. The van der Waals surface area contributed by atoms with Gasteiger partial charge in [0.2, 0.25) is 0 Å². The second-order valence-electron chi connectivity index (χ2n) is 6.76. The first kappa shape index (κ1) is 16.3. The highest BCUT2D eigenvalue weighted by Gasteiger charge is 2.36. The van der Waals surface area contributed by atoms with Crippen LogP contribution in [0.2, 0.25) is 0 Å². The Morgan fingerprint density at radius 3 is 2.36 bits per heavy atom. The van der Waals surface area contributed by atoms with E-state index in [0.29, 0.717) is 34.9 Å². The number of rotatable bonds is 2. The van der Waals surface area contributed by atoms with E-state index in [1.165, 1.54) is 0 Å². The van der Waals surface area contributed by atoms with Crippen LogP contribution in [0.1, 0.15) is 21.5 Å². The lowest BCUT2D eigenvalue weighted by molar-refractivity contribution is -0.111. The third-order valence-electron chi connectivity index (χ3n) is 5.04. The van der Waals surface area contributed by atoms with Crippen LogP contribution in [0.3, 0.4) is 0 Å². The molecule has 2 heterocycles. The van der Waals surface area contributed by atoms with E-state index < -0.39 is 0 Å². The van der Waals surface area contributed by atoms with Crippen molar-refractivity contribution in [3.63, 3.8) is 0 Å². The van der Waals surface area contributed by atoms with Crippen LogP contribution in [0, 0.1) is 0 Å². The zero-order valence-electron chi connectivity index (χ0n) is 15.0. The van der Waals surface area contributed by atoms with Crippen molar-refractivity contribution in [3.8, 4) is 0 Å². The van der Waals surface area contributed by atoms with Gasteiger partial charge < -0.3 is 10.6 Å². The molecule has 0 saturated carbocycles. The summed E-state index contributed by atoms with van der Waals surface area (Å²) in [5, 5.41) is 6.26. The molecule has 3 aromatic carbocycles. The minimum absolute atomic E-state index is 0.108. The molecule has 136 valence electrons. The van der Waals surface area contributed by atoms with Gasteiger partial charge in [0.15, 0.2) is 0 Å². The van der Waals surface area contributed by atoms with E-state index in [2.05, 4.69) is 10.6 Å². The normalized spacial score (nSPS) is 14.6. The molecule has 0 unspecified atom stereocenters. The molecular formula is C23H17N3O2. The Kier molecular flexibility index (Phi) is 3.72. The van der Waals surface area contributed by atoms with Gasteiger partial charge in [0, 0.05) is 5.69 Å². The van der Waals surface area contributed by atoms with E-state index in [9.17, 15) is 9.59 Å². The molecule has 0 aliphatic carbocycles. The Labute approximate surface area is 162 Å². The fourth-order valence-corrected chi connectivity index (χ4v) is 3.71. The van der Waals surface area contributed by atoms with Gasteiger partial charge in [0.05, 0.1) is 23.4 Å². The molecule has 0 bridgehead atoms. The van der Waals surface area contributed by atoms with Crippen molar-refractivity contribution in [2.24, 2.45) is 0 Å². The van der Waals surface area contributed by atoms with Crippen LogP contribution in [-0.2, 0) is 11.3 Å². The smallest absolute Gasteiger partial charge is 0.261 e. The van der Waals surface area contributed by atoms with Crippen molar-refractivity contribution in [3.05, 3.63) is 101 Å². The van der Waals surface area contributed by atoms with Crippen LogP contribution in [-0.4, -0.2) is 16.7 Å². The first-order chi connectivity index (χ1) is 13.7. The van der Waals surface area contributed by atoms with Crippen LogP contribution >= 0.6 is 0 Å². The third-order valence-corrected chi connectivity index (χ3v) is 5.04. The van der Waals surface area contributed by atoms with E-state index in [0.717, 1.165) is 11.1 Å². The summed E-state index contributed by atoms with van der Waals surface area (Å²) in [4.78, 5) is 28.0. The molecule has 5 nitrogen and oxygen atoms in total. The summed E-state index contributed by atoms with van der Waals surface area (Å²) in [6.07, 6.45) is 0. The number of hydrogen-bond donors (Lipinski definition) is 2. The third kappa shape index (κ3) is 2.56. The predicted octanol–water partition coefficient (Wildman–Crippen LogP) is 4.08. The zero-order valence-corrected chi connectivity index (χ0v) is 15.0. The summed E-state index contributed by atoms with van der Waals surface area (Å²) in [5.74, 6) is 0.165. The molecular weight excluding hydrogens is 350 g/mol. The standard InChI is InChI=1S/C23H17N3O2/c27-22(24-16-9-2-1-3-10-16)20-17-11-5-4-8-15(17)14-26-21(20)25-19-13-7-6-12-18(19)23(26)28/h1-13,25H,14H2,(H,24,27). The molecule has 0 atom stereocenters. The number of carbonyl (C=O) groups is 2. The number of carbonyl (C=O) groups excluding carboxylic acids is 2. The monoisotopic (exact) mass is 367 g/mol. The van der Waals surface area contributed by atoms with Gasteiger partial charge in [-0.2, -0.15) is 0 Å². The van der Waals surface area contributed by atoms with Gasteiger partial charge in [0.25, 0.3) is 11.8 Å². The van der Waals surface area contributed by atoms with Crippen molar-refractivity contribution >= 4 is 28.8 Å². The largest absolute Gasteiger partial charge is 0.340 e. The highest BCUT2D eigenvalue weighted by atomic mass is 16.2. The molecule has 3 aromatic rings. The lowest BCUT2D eigenvalue weighted by Crippen LogP contribution is -2.42. The topological polar surface area (TPSA) is 61.4 Å². The van der Waals surface area contributed by atoms with Gasteiger partial charge in [-0.25, -0.2) is 0 Å². The van der Waals surface area contributed by atoms with Crippen molar-refractivity contribution in [1.82, 2.24) is 4.90 Å². The number of benzene rings is 3. The summed E-state index contributed by atoms with van der Waals surface area (Å²) in [7, 11) is 0. The molecule has 5 rings (SSSR count). The number of hydrogen-bond acceptors (Lipinski definition) is 3. The molecule has 2 aliphatic heterocycles. The van der Waals surface area contributed by atoms with Crippen molar-refractivity contribution < 1.29 is 9.59 Å². The minimum atomic E-state index is -0.252. The summed E-state index contributed by atoms with van der Waals surface area (Å²) >= 11 is 0. The van der Waals surface area contributed by atoms with Gasteiger partial charge in [-0.05, 0) is 35.4 Å². The summed E-state index contributed by atoms with van der Waals surface area (Å²) in [6.45, 7) is 0.424. The van der Waals surface area contributed by atoms with E-state index >= 15 is 0 Å². The lowest BCUT2D eigenvalue weighted by Gasteiger charge is -2.37. The molecule has 0 saturated heterocycles. The SMILES string of the molecule is O=C(Nc1ccccc1)C1=C2Nc3ccccc3C(=O)N2Cc2ccccc21. The van der Waals surface area contributed by atoms with Crippen LogP contribution in [0.15, 0.2) is 84.7 Å². The highest BCUT2D eigenvalue weighted by Crippen LogP contribution is 2.38. The molecule has 0 aromatic heterocycles. The number of anilines is 2. The molecule has 2 amide bonds. The summed E-state index contributed by atoms with van der Waals surface area (Å²) < 4.78 is 0. The molecule has 2 N–H and O–H groups in total. The number of nitrogens with one attached hydrogen (secondary N) is 2. The maximum absolute atomic E-state index is 13.3. The number of para-hydroxylation sites is 2. The van der Waals surface area contributed by atoms with Gasteiger partial charge in [-0.15, -0.1) is 0 Å². The molecule has 28 heavy (non-hydrogen) atoms. The maximum Gasteiger partial charge on any atom is 0.261 e.